The molecule has 0 saturated carbocycles. The maximum atomic E-state index is 11.9. The Morgan fingerprint density at radius 3 is 2.58 bits per heavy atom. The van der Waals surface area contributed by atoms with Crippen LogP contribution in [-0.2, 0) is 14.3 Å². The molecule has 0 bridgehead atoms. The van der Waals surface area contributed by atoms with Crippen LogP contribution in [0, 0.1) is 10.1 Å². The standard InChI is InChI=1S/C14H17N3O6S/c1-15-12(18)7-16(2)13(19)8-23-14(20)9-4-5-11(24-3)10(6-9)17(21)22/h4-6H,7-8H2,1-3H3,(H,15,18). The first-order chi connectivity index (χ1) is 11.3. The van der Waals surface area contributed by atoms with E-state index in [9.17, 15) is 24.5 Å². The van der Waals surface area contributed by atoms with Crippen LogP contribution in [-0.4, -0.2) is 61.1 Å². The minimum atomic E-state index is -0.854. The van der Waals surface area contributed by atoms with Crippen molar-refractivity contribution in [3.05, 3.63) is 33.9 Å². The fourth-order valence-electron chi connectivity index (χ4n) is 1.66. The van der Waals surface area contributed by atoms with Crippen LogP contribution >= 0.6 is 11.8 Å². The van der Waals surface area contributed by atoms with Crippen molar-refractivity contribution < 1.29 is 24.0 Å². The number of carbonyl (C=O) groups is 3. The lowest BCUT2D eigenvalue weighted by molar-refractivity contribution is -0.387. The number of amides is 2. The number of nitrogens with zero attached hydrogens (tertiary/aromatic N) is 2. The molecule has 0 radical (unpaired) electrons. The normalized spacial score (nSPS) is 9.96. The number of hydrogen-bond donors (Lipinski definition) is 1. The third kappa shape index (κ3) is 5.23. The van der Waals surface area contributed by atoms with E-state index in [1.165, 1.54) is 38.0 Å². The molecule has 0 aliphatic rings. The summed E-state index contributed by atoms with van der Waals surface area (Å²) in [6, 6.07) is 3.94. The predicted molar refractivity (Wildman–Crippen MR) is 86.9 cm³/mol. The Morgan fingerprint density at radius 1 is 1.38 bits per heavy atom. The number of rotatable bonds is 7. The van der Waals surface area contributed by atoms with Crippen LogP contribution < -0.4 is 5.32 Å². The average molecular weight is 355 g/mol. The van der Waals surface area contributed by atoms with Gasteiger partial charge in [0.2, 0.25) is 5.91 Å². The summed E-state index contributed by atoms with van der Waals surface area (Å²) < 4.78 is 4.84. The Balaban J connectivity index is 2.72. The predicted octanol–water partition coefficient (Wildman–Crippen LogP) is 0.678. The fourth-order valence-corrected chi connectivity index (χ4v) is 2.21. The molecule has 1 aromatic carbocycles. The number of carbonyl (C=O) groups excluding carboxylic acids is 3. The molecule has 9 nitrogen and oxygen atoms in total. The SMILES string of the molecule is CNC(=O)CN(C)C(=O)COC(=O)c1ccc(SC)c([N+](=O)[O-])c1. The summed E-state index contributed by atoms with van der Waals surface area (Å²) in [5, 5.41) is 13.3. The van der Waals surface area contributed by atoms with Gasteiger partial charge < -0.3 is 15.0 Å². The first-order valence-electron chi connectivity index (χ1n) is 6.74. The molecule has 1 rings (SSSR count). The van der Waals surface area contributed by atoms with Crippen LogP contribution in [0.25, 0.3) is 0 Å². The zero-order valence-corrected chi connectivity index (χ0v) is 14.2. The molecular formula is C14H17N3O6S. The number of thioether (sulfide) groups is 1. The monoisotopic (exact) mass is 355 g/mol. The second kappa shape index (κ2) is 8.87. The Bertz CT molecular complexity index is 664. The third-order valence-corrected chi connectivity index (χ3v) is 3.81. The number of hydrogen-bond acceptors (Lipinski definition) is 7. The van der Waals surface area contributed by atoms with Gasteiger partial charge in [0.15, 0.2) is 6.61 Å². The van der Waals surface area contributed by atoms with Gasteiger partial charge >= 0.3 is 5.97 Å². The van der Waals surface area contributed by atoms with Crippen molar-refractivity contribution in [2.45, 2.75) is 4.90 Å². The summed E-state index contributed by atoms with van der Waals surface area (Å²) in [4.78, 5) is 46.8. The Labute approximate surface area is 142 Å². The van der Waals surface area contributed by atoms with Gasteiger partial charge in [0.1, 0.15) is 0 Å². The van der Waals surface area contributed by atoms with Gasteiger partial charge in [-0.1, -0.05) is 0 Å². The highest BCUT2D eigenvalue weighted by atomic mass is 32.2. The van der Waals surface area contributed by atoms with Gasteiger partial charge in [-0.05, 0) is 18.4 Å². The molecule has 0 spiro atoms. The van der Waals surface area contributed by atoms with Crippen molar-refractivity contribution in [1.29, 1.82) is 0 Å². The van der Waals surface area contributed by atoms with Crippen molar-refractivity contribution in [1.82, 2.24) is 10.2 Å². The Hall–Kier alpha value is -2.62. The lowest BCUT2D eigenvalue weighted by atomic mass is 10.2. The lowest BCUT2D eigenvalue weighted by Crippen LogP contribution is -2.39. The summed E-state index contributed by atoms with van der Waals surface area (Å²) >= 11 is 1.18. The highest BCUT2D eigenvalue weighted by molar-refractivity contribution is 7.98. The van der Waals surface area contributed by atoms with Crippen molar-refractivity contribution in [2.24, 2.45) is 0 Å². The molecule has 0 aromatic heterocycles. The van der Waals surface area contributed by atoms with Crippen LogP contribution in [0.1, 0.15) is 10.4 Å². The first kappa shape index (κ1) is 19.4. The number of esters is 1. The van der Waals surface area contributed by atoms with E-state index in [1.54, 1.807) is 6.26 Å². The quantitative estimate of drug-likeness (QED) is 0.330. The fraction of sp³-hybridized carbons (Fsp3) is 0.357. The topological polar surface area (TPSA) is 119 Å². The van der Waals surface area contributed by atoms with Gasteiger partial charge in [-0.15, -0.1) is 11.8 Å². The minimum absolute atomic E-state index is 0.0266. The number of likely N-dealkylation sites (N-methyl/N-ethyl adjacent to an activating group) is 2. The van der Waals surface area contributed by atoms with Crippen molar-refractivity contribution in [3.63, 3.8) is 0 Å². The number of nitro benzene ring substituents is 1. The largest absolute Gasteiger partial charge is 0.452 e. The van der Waals surface area contributed by atoms with E-state index in [-0.39, 0.29) is 23.7 Å². The smallest absolute Gasteiger partial charge is 0.338 e. The Morgan fingerprint density at radius 2 is 2.04 bits per heavy atom. The maximum absolute atomic E-state index is 11.9. The molecule has 0 aliphatic heterocycles. The van der Waals surface area contributed by atoms with Crippen molar-refractivity contribution in [2.75, 3.05) is 33.5 Å². The Kier molecular flexibility index (Phi) is 7.18. The second-order valence-corrected chi connectivity index (χ2v) is 5.49. The molecule has 0 heterocycles. The molecule has 0 atom stereocenters. The first-order valence-corrected chi connectivity index (χ1v) is 7.96. The second-order valence-electron chi connectivity index (χ2n) is 4.64. The van der Waals surface area contributed by atoms with E-state index in [0.29, 0.717) is 4.90 Å². The van der Waals surface area contributed by atoms with Gasteiger partial charge in [0, 0.05) is 20.2 Å². The van der Waals surface area contributed by atoms with E-state index in [0.717, 1.165) is 11.0 Å². The molecule has 0 saturated heterocycles. The maximum Gasteiger partial charge on any atom is 0.338 e. The number of nitro groups is 1. The molecule has 1 N–H and O–H groups in total. The average Bonchev–Trinajstić information content (AvgIpc) is 2.58. The zero-order chi connectivity index (χ0) is 18.3. The molecule has 24 heavy (non-hydrogen) atoms. The number of ether oxygens (including phenoxy) is 1. The van der Waals surface area contributed by atoms with Crippen LogP contribution in [0.15, 0.2) is 23.1 Å². The van der Waals surface area contributed by atoms with E-state index in [2.05, 4.69) is 5.32 Å². The summed E-state index contributed by atoms with van der Waals surface area (Å²) in [7, 11) is 2.83. The van der Waals surface area contributed by atoms with Crippen LogP contribution in [0.2, 0.25) is 0 Å². The lowest BCUT2D eigenvalue weighted by Gasteiger charge is -2.15. The molecule has 0 aliphatic carbocycles. The molecule has 10 heteroatoms. The summed E-state index contributed by atoms with van der Waals surface area (Å²) in [5.41, 5.74) is -0.235. The molecule has 130 valence electrons. The third-order valence-electron chi connectivity index (χ3n) is 3.02. The van der Waals surface area contributed by atoms with Gasteiger partial charge in [0.25, 0.3) is 11.6 Å². The van der Waals surface area contributed by atoms with Crippen LogP contribution in [0.5, 0.6) is 0 Å². The summed E-state index contributed by atoms with van der Waals surface area (Å²) in [6.45, 7) is -0.731. The molecule has 0 fully saturated rings. The van der Waals surface area contributed by atoms with Crippen molar-refractivity contribution >= 4 is 35.2 Å². The van der Waals surface area contributed by atoms with Gasteiger partial charge in [-0.3, -0.25) is 19.7 Å². The van der Waals surface area contributed by atoms with E-state index in [1.807, 2.05) is 0 Å². The summed E-state index contributed by atoms with van der Waals surface area (Å²) in [6.07, 6.45) is 1.68. The minimum Gasteiger partial charge on any atom is -0.452 e. The number of benzene rings is 1. The summed E-state index contributed by atoms with van der Waals surface area (Å²) in [5.74, 6) is -1.78. The highest BCUT2D eigenvalue weighted by Crippen LogP contribution is 2.28. The van der Waals surface area contributed by atoms with E-state index in [4.69, 9.17) is 4.74 Å². The zero-order valence-electron chi connectivity index (χ0n) is 13.4. The molecule has 1 aromatic rings. The van der Waals surface area contributed by atoms with E-state index >= 15 is 0 Å². The highest BCUT2D eigenvalue weighted by Gasteiger charge is 2.19. The molecular weight excluding hydrogens is 338 g/mol. The van der Waals surface area contributed by atoms with Crippen molar-refractivity contribution in [3.8, 4) is 0 Å². The van der Waals surface area contributed by atoms with Crippen LogP contribution in [0.3, 0.4) is 0 Å². The van der Waals surface area contributed by atoms with Gasteiger partial charge in [-0.2, -0.15) is 0 Å². The van der Waals surface area contributed by atoms with E-state index < -0.39 is 23.4 Å². The molecule has 2 amide bonds. The number of nitrogens with one attached hydrogen (secondary N) is 1. The van der Waals surface area contributed by atoms with Gasteiger partial charge in [0.05, 0.1) is 21.9 Å². The molecule has 0 unspecified atom stereocenters. The van der Waals surface area contributed by atoms with Crippen LogP contribution in [0.4, 0.5) is 5.69 Å². The van der Waals surface area contributed by atoms with Gasteiger partial charge in [-0.25, -0.2) is 4.79 Å².